The van der Waals surface area contributed by atoms with Gasteiger partial charge in [-0.1, -0.05) is 11.6 Å². The lowest BCUT2D eigenvalue weighted by Crippen LogP contribution is -2.19. The third kappa shape index (κ3) is 5.81. The fourth-order valence-corrected chi connectivity index (χ4v) is 2.12. The zero-order valence-electron chi connectivity index (χ0n) is 12.8. The molecule has 5 nitrogen and oxygen atoms in total. The van der Waals surface area contributed by atoms with E-state index in [4.69, 9.17) is 31.5 Å². The van der Waals surface area contributed by atoms with Gasteiger partial charge in [0.1, 0.15) is 0 Å². The molecule has 0 spiro atoms. The largest absolute Gasteiger partial charge is 0.493 e. The van der Waals surface area contributed by atoms with E-state index >= 15 is 0 Å². The first-order valence-electron chi connectivity index (χ1n) is 6.77. The lowest BCUT2D eigenvalue weighted by atomic mass is 10.1. The summed E-state index contributed by atoms with van der Waals surface area (Å²) in [5.74, 6) is 0.339. The van der Waals surface area contributed by atoms with Gasteiger partial charge < -0.3 is 19.9 Å². The van der Waals surface area contributed by atoms with Gasteiger partial charge in [-0.3, -0.25) is 0 Å². The molecular formula is C15H22ClNO4. The fraction of sp³-hybridized carbons (Fsp3) is 0.533. The van der Waals surface area contributed by atoms with Crippen LogP contribution in [0.25, 0.3) is 0 Å². The van der Waals surface area contributed by atoms with Crippen LogP contribution in [0.1, 0.15) is 26.3 Å². The van der Waals surface area contributed by atoms with Crippen LogP contribution < -0.4 is 15.2 Å². The molecule has 0 fully saturated rings. The predicted octanol–water partition coefficient (Wildman–Crippen LogP) is 2.57. The van der Waals surface area contributed by atoms with E-state index in [9.17, 15) is 4.79 Å². The Morgan fingerprint density at radius 3 is 2.52 bits per heavy atom. The molecule has 0 saturated carbocycles. The third-order valence-corrected chi connectivity index (χ3v) is 2.83. The molecular weight excluding hydrogens is 294 g/mol. The number of hydrogen-bond donors (Lipinski definition) is 1. The molecule has 1 unspecified atom stereocenters. The first kappa shape index (κ1) is 17.6. The summed E-state index contributed by atoms with van der Waals surface area (Å²) in [5, 5.41) is 0.377. The Morgan fingerprint density at radius 1 is 1.33 bits per heavy atom. The number of carbonyl (C=O) groups is 1. The highest BCUT2D eigenvalue weighted by Gasteiger charge is 2.15. The molecule has 6 heteroatoms. The van der Waals surface area contributed by atoms with Gasteiger partial charge >= 0.3 is 5.97 Å². The van der Waals surface area contributed by atoms with Crippen molar-refractivity contribution >= 4 is 17.6 Å². The van der Waals surface area contributed by atoms with Gasteiger partial charge in [0.2, 0.25) is 0 Å². The van der Waals surface area contributed by atoms with Crippen LogP contribution in [0.2, 0.25) is 5.02 Å². The van der Waals surface area contributed by atoms with E-state index in [1.54, 1.807) is 26.0 Å². The minimum absolute atomic E-state index is 0.0126. The molecule has 118 valence electrons. The minimum atomic E-state index is -0.456. The molecule has 21 heavy (non-hydrogen) atoms. The van der Waals surface area contributed by atoms with Crippen LogP contribution in [0.4, 0.5) is 0 Å². The number of benzene rings is 1. The number of carbonyl (C=O) groups excluding carboxylic acids is 1. The lowest BCUT2D eigenvalue weighted by Gasteiger charge is -2.15. The van der Waals surface area contributed by atoms with E-state index < -0.39 is 5.97 Å². The quantitative estimate of drug-likeness (QED) is 0.783. The molecule has 0 bridgehead atoms. The van der Waals surface area contributed by atoms with Crippen molar-refractivity contribution in [3.8, 4) is 11.5 Å². The van der Waals surface area contributed by atoms with Crippen LogP contribution in [0.15, 0.2) is 12.1 Å². The fourth-order valence-electron chi connectivity index (χ4n) is 1.83. The van der Waals surface area contributed by atoms with Crippen LogP contribution in [-0.4, -0.2) is 31.8 Å². The Hall–Kier alpha value is -1.46. The Balaban J connectivity index is 2.84. The van der Waals surface area contributed by atoms with Crippen molar-refractivity contribution < 1.29 is 19.0 Å². The molecule has 0 radical (unpaired) electrons. The van der Waals surface area contributed by atoms with Gasteiger partial charge in [-0.15, -0.1) is 0 Å². The monoisotopic (exact) mass is 315 g/mol. The van der Waals surface area contributed by atoms with Crippen molar-refractivity contribution in [3.05, 3.63) is 22.7 Å². The summed E-state index contributed by atoms with van der Waals surface area (Å²) in [5.41, 5.74) is 6.72. The van der Waals surface area contributed by atoms with Crippen molar-refractivity contribution in [2.75, 3.05) is 13.7 Å². The van der Waals surface area contributed by atoms with Gasteiger partial charge in [0.15, 0.2) is 18.1 Å². The first-order chi connectivity index (χ1) is 9.83. The highest BCUT2D eigenvalue weighted by atomic mass is 35.5. The third-order valence-electron chi connectivity index (χ3n) is 2.55. The number of halogens is 1. The molecule has 0 amide bonds. The number of nitrogens with two attached hydrogens (primary N) is 1. The second-order valence-electron chi connectivity index (χ2n) is 5.12. The maximum Gasteiger partial charge on any atom is 0.344 e. The summed E-state index contributed by atoms with van der Waals surface area (Å²) in [4.78, 5) is 11.5. The number of ether oxygens (including phenoxy) is 3. The zero-order chi connectivity index (χ0) is 16.0. The maximum absolute atomic E-state index is 11.5. The molecule has 1 aromatic rings. The van der Waals surface area contributed by atoms with E-state index in [-0.39, 0.29) is 18.8 Å². The molecule has 0 aromatic heterocycles. The summed E-state index contributed by atoms with van der Waals surface area (Å²) >= 11 is 6.19. The van der Waals surface area contributed by atoms with Crippen molar-refractivity contribution in [3.63, 3.8) is 0 Å². The second-order valence-corrected chi connectivity index (χ2v) is 5.52. The van der Waals surface area contributed by atoms with Crippen LogP contribution in [0.5, 0.6) is 11.5 Å². The molecule has 2 N–H and O–H groups in total. The van der Waals surface area contributed by atoms with Crippen molar-refractivity contribution in [2.24, 2.45) is 5.73 Å². The smallest absolute Gasteiger partial charge is 0.344 e. The van der Waals surface area contributed by atoms with Gasteiger partial charge in [0, 0.05) is 6.04 Å². The average molecular weight is 316 g/mol. The molecule has 1 atom stereocenters. The van der Waals surface area contributed by atoms with Crippen molar-refractivity contribution in [1.29, 1.82) is 0 Å². The summed E-state index contributed by atoms with van der Waals surface area (Å²) in [7, 11) is 1.51. The summed E-state index contributed by atoms with van der Waals surface area (Å²) in [6.07, 6.45) is 0.484. The first-order valence-corrected chi connectivity index (χ1v) is 7.15. The summed E-state index contributed by atoms with van der Waals surface area (Å²) < 4.78 is 15.7. The van der Waals surface area contributed by atoms with E-state index in [0.29, 0.717) is 22.9 Å². The Kier molecular flexibility index (Phi) is 6.78. The highest BCUT2D eigenvalue weighted by molar-refractivity contribution is 6.32. The SMILES string of the molecule is COc1cc(CC(C)N)cc(Cl)c1OCC(=O)OC(C)C. The van der Waals surface area contributed by atoms with Crippen molar-refractivity contribution in [2.45, 2.75) is 39.3 Å². The standard InChI is InChI=1S/C15H22ClNO4/c1-9(2)21-14(18)8-20-15-12(16)6-11(5-10(3)17)7-13(15)19-4/h6-7,9-10H,5,8,17H2,1-4H3. The lowest BCUT2D eigenvalue weighted by molar-refractivity contribution is -0.149. The number of methoxy groups -OCH3 is 1. The van der Waals surface area contributed by atoms with E-state index in [0.717, 1.165) is 5.56 Å². The molecule has 0 heterocycles. The van der Waals surface area contributed by atoms with E-state index in [1.165, 1.54) is 7.11 Å². The van der Waals surface area contributed by atoms with Crippen LogP contribution in [0.3, 0.4) is 0 Å². The molecule has 1 aromatic carbocycles. The topological polar surface area (TPSA) is 70.8 Å². The van der Waals surface area contributed by atoms with Crippen LogP contribution >= 0.6 is 11.6 Å². The van der Waals surface area contributed by atoms with Crippen molar-refractivity contribution in [1.82, 2.24) is 0 Å². The van der Waals surface area contributed by atoms with E-state index in [2.05, 4.69) is 0 Å². The van der Waals surface area contributed by atoms with Gasteiger partial charge in [-0.2, -0.15) is 0 Å². The normalized spacial score (nSPS) is 12.1. The Morgan fingerprint density at radius 2 is 2.00 bits per heavy atom. The molecule has 0 saturated heterocycles. The Bertz CT molecular complexity index is 489. The van der Waals surface area contributed by atoms with Gasteiger partial charge in [0.25, 0.3) is 0 Å². The van der Waals surface area contributed by atoms with E-state index in [1.807, 2.05) is 6.92 Å². The predicted molar refractivity (Wildman–Crippen MR) is 82.1 cm³/mol. The number of hydrogen-bond acceptors (Lipinski definition) is 5. The van der Waals surface area contributed by atoms with Gasteiger partial charge in [-0.05, 0) is 44.9 Å². The second kappa shape index (κ2) is 8.10. The Labute approximate surface area is 130 Å². The maximum atomic E-state index is 11.5. The number of esters is 1. The zero-order valence-corrected chi connectivity index (χ0v) is 13.6. The molecule has 0 aliphatic carbocycles. The van der Waals surface area contributed by atoms with Gasteiger partial charge in [0.05, 0.1) is 18.2 Å². The molecule has 0 aliphatic rings. The summed E-state index contributed by atoms with van der Waals surface area (Å²) in [6.45, 7) is 5.23. The molecule has 0 aliphatic heterocycles. The number of rotatable bonds is 7. The highest BCUT2D eigenvalue weighted by Crippen LogP contribution is 2.36. The van der Waals surface area contributed by atoms with Gasteiger partial charge in [-0.25, -0.2) is 4.79 Å². The van der Waals surface area contributed by atoms with Crippen LogP contribution in [-0.2, 0) is 16.0 Å². The average Bonchev–Trinajstić information content (AvgIpc) is 2.35. The minimum Gasteiger partial charge on any atom is -0.493 e. The summed E-state index contributed by atoms with van der Waals surface area (Å²) in [6, 6.07) is 3.58. The molecule has 1 rings (SSSR count). The van der Waals surface area contributed by atoms with Crippen LogP contribution in [0, 0.1) is 0 Å².